The number of benzene rings is 1. The first-order valence-electron chi connectivity index (χ1n) is 11.8. The Labute approximate surface area is 189 Å². The van der Waals surface area contributed by atoms with Crippen molar-refractivity contribution in [2.24, 2.45) is 23.7 Å². The minimum atomic E-state index is -0.999. The third-order valence-corrected chi connectivity index (χ3v) is 6.84. The second-order valence-corrected chi connectivity index (χ2v) is 8.97. The van der Waals surface area contributed by atoms with Crippen LogP contribution in [-0.2, 0) is 18.9 Å². The number of allylic oxidation sites excluding steroid dienone is 1. The van der Waals surface area contributed by atoms with Gasteiger partial charge in [0.2, 0.25) is 5.82 Å². The van der Waals surface area contributed by atoms with Gasteiger partial charge in [-0.3, -0.25) is 0 Å². The monoisotopic (exact) mass is 452 g/mol. The van der Waals surface area contributed by atoms with E-state index < -0.39 is 17.9 Å². The van der Waals surface area contributed by atoms with Crippen LogP contribution in [-0.4, -0.2) is 39.3 Å². The molecule has 0 bridgehead atoms. The van der Waals surface area contributed by atoms with Gasteiger partial charge in [0.05, 0.1) is 33.0 Å². The smallest absolute Gasteiger partial charge is 0.201 e. The Balaban J connectivity index is 1.24. The fourth-order valence-electron chi connectivity index (χ4n) is 5.04. The van der Waals surface area contributed by atoms with Crippen LogP contribution in [0.5, 0.6) is 5.75 Å². The second kappa shape index (κ2) is 11.1. The molecule has 3 fully saturated rings. The third-order valence-electron chi connectivity index (χ3n) is 6.84. The van der Waals surface area contributed by atoms with E-state index >= 15 is 0 Å². The van der Waals surface area contributed by atoms with Crippen LogP contribution in [0.15, 0.2) is 24.3 Å². The van der Waals surface area contributed by atoms with E-state index in [0.717, 1.165) is 38.9 Å². The van der Waals surface area contributed by atoms with Crippen LogP contribution >= 0.6 is 0 Å². The summed E-state index contributed by atoms with van der Waals surface area (Å²) in [7, 11) is 0. The van der Waals surface area contributed by atoms with Gasteiger partial charge in [-0.25, -0.2) is 4.39 Å². The van der Waals surface area contributed by atoms with E-state index in [0.29, 0.717) is 31.0 Å². The van der Waals surface area contributed by atoms with E-state index in [1.807, 2.05) is 13.0 Å². The Morgan fingerprint density at radius 3 is 2.16 bits per heavy atom. The summed E-state index contributed by atoms with van der Waals surface area (Å²) in [6.07, 6.45) is 7.45. The van der Waals surface area contributed by atoms with Crippen molar-refractivity contribution in [3.63, 3.8) is 0 Å². The Kier molecular flexibility index (Phi) is 8.16. The van der Waals surface area contributed by atoms with Gasteiger partial charge in [0, 0.05) is 23.3 Å². The molecular formula is C25H34F2O5. The largest absolute Gasteiger partial charge is 0.491 e. The van der Waals surface area contributed by atoms with E-state index in [1.165, 1.54) is 12.1 Å². The van der Waals surface area contributed by atoms with Crippen molar-refractivity contribution in [3.8, 4) is 5.75 Å². The maximum atomic E-state index is 14.5. The topological polar surface area (TPSA) is 46.2 Å². The van der Waals surface area contributed by atoms with Crippen molar-refractivity contribution in [1.82, 2.24) is 0 Å². The van der Waals surface area contributed by atoms with Crippen molar-refractivity contribution >= 4 is 0 Å². The molecule has 0 amide bonds. The molecule has 2 aliphatic heterocycles. The minimum absolute atomic E-state index is 0.0796. The highest BCUT2D eigenvalue weighted by molar-refractivity contribution is 5.31. The zero-order chi connectivity index (χ0) is 22.5. The Bertz CT molecular complexity index is 762. The van der Waals surface area contributed by atoms with Gasteiger partial charge in [0.1, 0.15) is 0 Å². The highest BCUT2D eigenvalue weighted by Crippen LogP contribution is 2.40. The Hall–Kier alpha value is -1.54. The van der Waals surface area contributed by atoms with Gasteiger partial charge in [-0.05, 0) is 57.6 Å². The predicted molar refractivity (Wildman–Crippen MR) is 115 cm³/mol. The van der Waals surface area contributed by atoms with Crippen molar-refractivity contribution in [1.29, 1.82) is 0 Å². The quantitative estimate of drug-likeness (QED) is 0.541. The highest BCUT2D eigenvalue weighted by atomic mass is 19.2. The second-order valence-electron chi connectivity index (χ2n) is 8.97. The molecule has 1 saturated carbocycles. The molecule has 2 saturated heterocycles. The van der Waals surface area contributed by atoms with Crippen molar-refractivity contribution < 1.29 is 32.5 Å². The lowest BCUT2D eigenvalue weighted by Gasteiger charge is -2.40. The minimum Gasteiger partial charge on any atom is -0.491 e. The van der Waals surface area contributed by atoms with E-state index in [2.05, 4.69) is 6.08 Å². The highest BCUT2D eigenvalue weighted by Gasteiger charge is 2.37. The van der Waals surface area contributed by atoms with Gasteiger partial charge in [0.25, 0.3) is 0 Å². The summed E-state index contributed by atoms with van der Waals surface area (Å²) in [5.41, 5.74) is 0.0796. The summed E-state index contributed by atoms with van der Waals surface area (Å²) >= 11 is 0. The van der Waals surface area contributed by atoms with Crippen LogP contribution < -0.4 is 4.74 Å². The molecule has 3 aliphatic rings. The molecule has 1 aliphatic carbocycles. The molecule has 5 nitrogen and oxygen atoms in total. The van der Waals surface area contributed by atoms with Gasteiger partial charge in [-0.2, -0.15) is 4.39 Å². The van der Waals surface area contributed by atoms with E-state index in [4.69, 9.17) is 23.7 Å². The number of ether oxygens (including phenoxy) is 5. The maximum absolute atomic E-state index is 14.5. The molecule has 0 spiro atoms. The number of hydrogen-bond acceptors (Lipinski definition) is 5. The van der Waals surface area contributed by atoms with Crippen LogP contribution in [0.1, 0.15) is 51.4 Å². The first-order valence-corrected chi connectivity index (χ1v) is 11.8. The molecule has 0 radical (unpaired) electrons. The average Bonchev–Trinajstić information content (AvgIpc) is 2.83. The van der Waals surface area contributed by atoms with Gasteiger partial charge in [-0.15, -0.1) is 0 Å². The van der Waals surface area contributed by atoms with Crippen molar-refractivity contribution in [3.05, 3.63) is 41.5 Å². The van der Waals surface area contributed by atoms with Gasteiger partial charge in [0.15, 0.2) is 24.1 Å². The molecule has 0 unspecified atom stereocenters. The summed E-state index contributed by atoms with van der Waals surface area (Å²) in [5.74, 6) is -0.529. The fraction of sp³-hybridized carbons (Fsp3) is 0.680. The van der Waals surface area contributed by atoms with Crippen molar-refractivity contribution in [2.75, 3.05) is 33.0 Å². The number of hydrogen-bond donors (Lipinski definition) is 0. The van der Waals surface area contributed by atoms with Crippen LogP contribution in [0.25, 0.3) is 0 Å². The molecule has 0 atom stereocenters. The zero-order valence-electron chi connectivity index (χ0n) is 18.9. The van der Waals surface area contributed by atoms with Crippen LogP contribution in [0, 0.1) is 35.3 Å². The molecule has 1 aromatic carbocycles. The lowest BCUT2D eigenvalue weighted by Crippen LogP contribution is -2.40. The molecule has 0 aromatic heterocycles. The molecule has 32 heavy (non-hydrogen) atoms. The summed E-state index contributed by atoms with van der Waals surface area (Å²) < 4.78 is 57.3. The number of rotatable bonds is 6. The molecular weight excluding hydrogens is 418 g/mol. The first kappa shape index (κ1) is 23.6. The lowest BCUT2D eigenvalue weighted by atomic mass is 9.75. The van der Waals surface area contributed by atoms with Crippen LogP contribution in [0.2, 0.25) is 0 Å². The van der Waals surface area contributed by atoms with Gasteiger partial charge < -0.3 is 23.7 Å². The number of halogens is 2. The van der Waals surface area contributed by atoms with E-state index in [-0.39, 0.29) is 30.1 Å². The van der Waals surface area contributed by atoms with Gasteiger partial charge in [-0.1, -0.05) is 12.2 Å². The normalized spacial score (nSPS) is 34.0. The van der Waals surface area contributed by atoms with Crippen LogP contribution in [0.3, 0.4) is 0 Å². The molecule has 2 heterocycles. The third kappa shape index (κ3) is 5.33. The Morgan fingerprint density at radius 2 is 1.53 bits per heavy atom. The van der Waals surface area contributed by atoms with E-state index in [9.17, 15) is 8.78 Å². The first-order chi connectivity index (χ1) is 15.6. The zero-order valence-corrected chi connectivity index (χ0v) is 18.9. The van der Waals surface area contributed by atoms with Crippen molar-refractivity contribution in [2.45, 2.75) is 52.1 Å². The predicted octanol–water partition coefficient (Wildman–Crippen LogP) is 5.40. The Morgan fingerprint density at radius 1 is 0.875 bits per heavy atom. The summed E-state index contributed by atoms with van der Waals surface area (Å²) in [6, 6.07) is 2.90. The standard InChI is InChI=1S/C25H34F2O5/c1-3-5-16-12-29-24(30-13-16)18-8-6-17(7-9-18)19-14-31-25(32-15-19)20-10-11-21(28-4-2)23(27)22(20)26/h3,5,10-11,16-19,24-25H,4,6-9,12-15H2,1-2H3/b5-3+. The summed E-state index contributed by atoms with van der Waals surface area (Å²) in [6.45, 7) is 6.42. The maximum Gasteiger partial charge on any atom is 0.201 e. The molecule has 4 rings (SSSR count). The van der Waals surface area contributed by atoms with Crippen LogP contribution in [0.4, 0.5) is 8.78 Å². The molecule has 0 N–H and O–H groups in total. The summed E-state index contributed by atoms with van der Waals surface area (Å²) in [5, 5.41) is 0. The molecule has 1 aromatic rings. The molecule has 178 valence electrons. The lowest BCUT2D eigenvalue weighted by molar-refractivity contribution is -0.230. The summed E-state index contributed by atoms with van der Waals surface area (Å²) in [4.78, 5) is 0. The molecule has 7 heteroatoms. The average molecular weight is 453 g/mol. The van der Waals surface area contributed by atoms with E-state index in [1.54, 1.807) is 6.92 Å². The van der Waals surface area contributed by atoms with Gasteiger partial charge >= 0.3 is 0 Å². The fourth-order valence-corrected chi connectivity index (χ4v) is 5.04. The SMILES string of the molecule is C/C=C/C1COC(C2CCC(C3COC(c4ccc(OCC)c(F)c4F)OC3)CC2)OC1.